The van der Waals surface area contributed by atoms with Gasteiger partial charge in [-0.3, -0.25) is 4.68 Å². The highest BCUT2D eigenvalue weighted by Gasteiger charge is 2.05. The van der Waals surface area contributed by atoms with E-state index in [1.165, 1.54) is 5.69 Å². The average Bonchev–Trinajstić information content (AvgIpc) is 2.77. The molecule has 0 saturated carbocycles. The van der Waals surface area contributed by atoms with E-state index in [0.29, 0.717) is 0 Å². The maximum Gasteiger partial charge on any atom is 0.133 e. The largest absolute Gasteiger partial charge is 0.496 e. The number of benzene rings is 1. The zero-order valence-corrected chi connectivity index (χ0v) is 13.0. The number of hydrogen-bond donors (Lipinski definition) is 1. The molecule has 0 fully saturated rings. The molecule has 0 spiro atoms. The van der Waals surface area contributed by atoms with E-state index in [1.807, 2.05) is 29.8 Å². The predicted molar refractivity (Wildman–Crippen MR) is 80.7 cm³/mol. The molecular formula is C14H18BrN3O. The first-order valence-electron chi connectivity index (χ1n) is 6.24. The Bertz CT molecular complexity index is 566. The molecule has 1 N–H and O–H groups in total. The molecule has 4 nitrogen and oxygen atoms in total. The van der Waals surface area contributed by atoms with Gasteiger partial charge in [-0.25, -0.2) is 0 Å². The second-order valence-electron chi connectivity index (χ2n) is 4.30. The van der Waals surface area contributed by atoms with Crippen LogP contribution in [0.25, 0.3) is 0 Å². The van der Waals surface area contributed by atoms with Gasteiger partial charge in [-0.2, -0.15) is 5.10 Å². The van der Waals surface area contributed by atoms with Crippen LogP contribution in [-0.2, 0) is 13.1 Å². The van der Waals surface area contributed by atoms with Crippen LogP contribution in [0.1, 0.15) is 18.3 Å². The van der Waals surface area contributed by atoms with Gasteiger partial charge in [0.15, 0.2) is 0 Å². The minimum atomic E-state index is 0.757. The molecule has 0 aliphatic heterocycles. The molecule has 0 aliphatic carbocycles. The summed E-state index contributed by atoms with van der Waals surface area (Å²) >= 11 is 3.48. The van der Waals surface area contributed by atoms with E-state index in [1.54, 1.807) is 7.11 Å². The van der Waals surface area contributed by atoms with E-state index in [2.05, 4.69) is 39.3 Å². The van der Waals surface area contributed by atoms with E-state index in [0.717, 1.165) is 34.7 Å². The third kappa shape index (κ3) is 3.29. The fraction of sp³-hybridized carbons (Fsp3) is 0.357. The Hall–Kier alpha value is -1.49. The Labute approximate surface area is 121 Å². The Morgan fingerprint density at radius 1 is 1.37 bits per heavy atom. The van der Waals surface area contributed by atoms with E-state index >= 15 is 0 Å². The van der Waals surface area contributed by atoms with Crippen LogP contribution in [0.3, 0.4) is 0 Å². The van der Waals surface area contributed by atoms with Crippen LogP contribution in [-0.4, -0.2) is 16.9 Å². The molecule has 0 radical (unpaired) electrons. The van der Waals surface area contributed by atoms with Crippen molar-refractivity contribution in [3.05, 3.63) is 40.1 Å². The number of rotatable bonds is 5. The normalized spacial score (nSPS) is 10.5. The third-order valence-electron chi connectivity index (χ3n) is 2.91. The zero-order valence-electron chi connectivity index (χ0n) is 11.4. The molecule has 5 heteroatoms. The van der Waals surface area contributed by atoms with Crippen LogP contribution >= 0.6 is 15.9 Å². The van der Waals surface area contributed by atoms with Crippen molar-refractivity contribution in [2.75, 3.05) is 12.4 Å². The molecule has 102 valence electrons. The molecule has 19 heavy (non-hydrogen) atoms. The van der Waals surface area contributed by atoms with Gasteiger partial charge in [0, 0.05) is 12.2 Å². The van der Waals surface area contributed by atoms with E-state index < -0.39 is 0 Å². The summed E-state index contributed by atoms with van der Waals surface area (Å²) < 4.78 is 8.17. The lowest BCUT2D eigenvalue weighted by Gasteiger charge is -2.10. The van der Waals surface area contributed by atoms with Crippen molar-refractivity contribution < 1.29 is 4.74 Å². The third-order valence-corrected chi connectivity index (χ3v) is 3.53. The summed E-state index contributed by atoms with van der Waals surface area (Å²) in [5.41, 5.74) is 3.29. The number of nitrogens with one attached hydrogen (secondary N) is 1. The SMILES string of the molecule is CCn1nc(C)cc1CNc1ccc(OC)c(Br)c1. The molecule has 1 aromatic carbocycles. The number of ether oxygens (including phenoxy) is 1. The number of anilines is 1. The monoisotopic (exact) mass is 323 g/mol. The quantitative estimate of drug-likeness (QED) is 0.913. The van der Waals surface area contributed by atoms with E-state index in [9.17, 15) is 0 Å². The number of nitrogens with zero attached hydrogens (tertiary/aromatic N) is 2. The first-order valence-corrected chi connectivity index (χ1v) is 7.04. The average molecular weight is 324 g/mol. The maximum atomic E-state index is 5.21. The van der Waals surface area contributed by atoms with Gasteiger partial charge in [-0.05, 0) is 54.0 Å². The van der Waals surface area contributed by atoms with Crippen molar-refractivity contribution in [3.63, 3.8) is 0 Å². The molecule has 0 unspecified atom stereocenters. The van der Waals surface area contributed by atoms with Gasteiger partial charge in [-0.15, -0.1) is 0 Å². The summed E-state index contributed by atoms with van der Waals surface area (Å²) in [7, 11) is 1.66. The van der Waals surface area contributed by atoms with Crippen molar-refractivity contribution in [2.45, 2.75) is 26.9 Å². The highest BCUT2D eigenvalue weighted by atomic mass is 79.9. The standard InChI is InChI=1S/C14H18BrN3O/c1-4-18-12(7-10(2)17-18)9-16-11-5-6-14(19-3)13(15)8-11/h5-8,16H,4,9H2,1-3H3. The van der Waals surface area contributed by atoms with E-state index in [-0.39, 0.29) is 0 Å². The lowest BCUT2D eigenvalue weighted by atomic mass is 10.3. The number of aryl methyl sites for hydroxylation is 2. The first-order chi connectivity index (χ1) is 9.13. The summed E-state index contributed by atoms with van der Waals surface area (Å²) in [6.07, 6.45) is 0. The smallest absolute Gasteiger partial charge is 0.133 e. The number of aromatic nitrogens is 2. The molecule has 0 aliphatic rings. The summed E-state index contributed by atoms with van der Waals surface area (Å²) in [5.74, 6) is 0.833. The molecule has 2 aromatic rings. The van der Waals surface area contributed by atoms with Crippen LogP contribution < -0.4 is 10.1 Å². The van der Waals surface area contributed by atoms with Gasteiger partial charge >= 0.3 is 0 Å². The second-order valence-corrected chi connectivity index (χ2v) is 5.15. The van der Waals surface area contributed by atoms with Gasteiger partial charge in [0.25, 0.3) is 0 Å². The summed E-state index contributed by atoms with van der Waals surface area (Å²) in [6.45, 7) is 5.75. The minimum Gasteiger partial charge on any atom is -0.496 e. The Morgan fingerprint density at radius 2 is 2.16 bits per heavy atom. The highest BCUT2D eigenvalue weighted by molar-refractivity contribution is 9.10. The van der Waals surface area contributed by atoms with E-state index in [4.69, 9.17) is 4.74 Å². The topological polar surface area (TPSA) is 39.1 Å². The minimum absolute atomic E-state index is 0.757. The van der Waals surface area contributed by atoms with Gasteiger partial charge < -0.3 is 10.1 Å². The van der Waals surface area contributed by atoms with Crippen LogP contribution in [0, 0.1) is 6.92 Å². The fourth-order valence-corrected chi connectivity index (χ4v) is 2.52. The van der Waals surface area contributed by atoms with Crippen LogP contribution in [0.5, 0.6) is 5.75 Å². The molecule has 0 atom stereocenters. The van der Waals surface area contributed by atoms with Crippen LogP contribution in [0.15, 0.2) is 28.7 Å². The Balaban J connectivity index is 2.07. The molecule has 1 heterocycles. The molecular weight excluding hydrogens is 306 g/mol. The number of methoxy groups -OCH3 is 1. The zero-order chi connectivity index (χ0) is 13.8. The van der Waals surface area contributed by atoms with Gasteiger partial charge in [0.05, 0.1) is 29.5 Å². The van der Waals surface area contributed by atoms with Crippen molar-refractivity contribution in [1.82, 2.24) is 9.78 Å². The number of hydrogen-bond acceptors (Lipinski definition) is 3. The lowest BCUT2D eigenvalue weighted by molar-refractivity contribution is 0.412. The second kappa shape index (κ2) is 6.10. The van der Waals surface area contributed by atoms with Gasteiger partial charge in [0.1, 0.15) is 5.75 Å². The van der Waals surface area contributed by atoms with Crippen molar-refractivity contribution in [1.29, 1.82) is 0 Å². The van der Waals surface area contributed by atoms with Crippen molar-refractivity contribution in [3.8, 4) is 5.75 Å². The summed E-state index contributed by atoms with van der Waals surface area (Å²) in [4.78, 5) is 0. The summed E-state index contributed by atoms with van der Waals surface area (Å²) in [6, 6.07) is 8.06. The van der Waals surface area contributed by atoms with Crippen molar-refractivity contribution >= 4 is 21.6 Å². The molecule has 0 amide bonds. The summed E-state index contributed by atoms with van der Waals surface area (Å²) in [5, 5.41) is 7.83. The maximum absolute atomic E-state index is 5.21. The molecule has 2 rings (SSSR count). The van der Waals surface area contributed by atoms with Crippen molar-refractivity contribution in [2.24, 2.45) is 0 Å². The van der Waals surface area contributed by atoms with Gasteiger partial charge in [-0.1, -0.05) is 0 Å². The Morgan fingerprint density at radius 3 is 2.79 bits per heavy atom. The first kappa shape index (κ1) is 13.9. The predicted octanol–water partition coefficient (Wildman–Crippen LogP) is 3.59. The van der Waals surface area contributed by atoms with Crippen LogP contribution in [0.4, 0.5) is 5.69 Å². The van der Waals surface area contributed by atoms with Gasteiger partial charge in [0.2, 0.25) is 0 Å². The Kier molecular flexibility index (Phi) is 4.47. The number of halogens is 1. The highest BCUT2D eigenvalue weighted by Crippen LogP contribution is 2.27. The molecule has 1 aromatic heterocycles. The lowest BCUT2D eigenvalue weighted by Crippen LogP contribution is -2.07. The fourth-order valence-electron chi connectivity index (χ4n) is 1.98. The van der Waals surface area contributed by atoms with Crippen LogP contribution in [0.2, 0.25) is 0 Å². The molecule has 0 bridgehead atoms. The molecule has 0 saturated heterocycles.